The first-order valence-corrected chi connectivity index (χ1v) is 7.78. The molecule has 2 atom stereocenters. The third-order valence-corrected chi connectivity index (χ3v) is 4.41. The van der Waals surface area contributed by atoms with Crippen LogP contribution in [-0.2, 0) is 0 Å². The topological polar surface area (TPSA) is 12.0 Å². The molecule has 0 aromatic heterocycles. The van der Waals surface area contributed by atoms with Gasteiger partial charge < -0.3 is 5.32 Å². The second-order valence-electron chi connectivity index (χ2n) is 6.03. The van der Waals surface area contributed by atoms with Crippen molar-refractivity contribution < 1.29 is 0 Å². The zero-order chi connectivity index (χ0) is 13.1. The molecule has 1 unspecified atom stereocenters. The Morgan fingerprint density at radius 3 is 2.24 bits per heavy atom. The maximum Gasteiger partial charge on any atom is -0.00488 e. The van der Waals surface area contributed by atoms with E-state index in [9.17, 15) is 0 Å². The Hall–Kier alpha value is -0.0400. The van der Waals surface area contributed by atoms with E-state index in [-0.39, 0.29) is 0 Å². The van der Waals surface area contributed by atoms with Gasteiger partial charge in [0.15, 0.2) is 0 Å². The van der Waals surface area contributed by atoms with Gasteiger partial charge in [0.1, 0.15) is 0 Å². The van der Waals surface area contributed by atoms with Crippen molar-refractivity contribution in [3.8, 4) is 0 Å². The Labute approximate surface area is 110 Å². The van der Waals surface area contributed by atoms with Gasteiger partial charge in [-0.1, -0.05) is 60.3 Å². The van der Waals surface area contributed by atoms with Gasteiger partial charge in [-0.25, -0.2) is 0 Å². The number of rotatable bonds is 11. The first-order valence-electron chi connectivity index (χ1n) is 7.78. The highest BCUT2D eigenvalue weighted by molar-refractivity contribution is 4.73. The minimum atomic E-state index is 0.586. The molecule has 0 rings (SSSR count). The van der Waals surface area contributed by atoms with Crippen molar-refractivity contribution in [3.05, 3.63) is 0 Å². The van der Waals surface area contributed by atoms with E-state index in [2.05, 4.69) is 39.9 Å². The van der Waals surface area contributed by atoms with Crippen molar-refractivity contribution in [3.63, 3.8) is 0 Å². The molecule has 0 aliphatic carbocycles. The fourth-order valence-electron chi connectivity index (χ4n) is 2.38. The third-order valence-electron chi connectivity index (χ3n) is 4.41. The molecule has 104 valence electrons. The van der Waals surface area contributed by atoms with E-state index in [0.717, 1.165) is 12.5 Å². The maximum absolute atomic E-state index is 3.43. The van der Waals surface area contributed by atoms with Crippen molar-refractivity contribution >= 4 is 0 Å². The highest BCUT2D eigenvalue weighted by Gasteiger charge is 2.21. The minimum absolute atomic E-state index is 0.586. The molecule has 0 fully saturated rings. The Kier molecular flexibility index (Phi) is 9.91. The Morgan fingerprint density at radius 2 is 1.71 bits per heavy atom. The van der Waals surface area contributed by atoms with Crippen molar-refractivity contribution in [1.29, 1.82) is 0 Å². The van der Waals surface area contributed by atoms with E-state index in [1.54, 1.807) is 0 Å². The summed E-state index contributed by atoms with van der Waals surface area (Å²) in [7, 11) is 0. The first-order chi connectivity index (χ1) is 8.08. The Bertz CT molecular complexity index is 167. The van der Waals surface area contributed by atoms with Gasteiger partial charge in [-0.15, -0.1) is 0 Å². The van der Waals surface area contributed by atoms with Crippen LogP contribution in [0.1, 0.15) is 79.6 Å². The molecule has 1 heteroatoms. The Morgan fingerprint density at radius 1 is 1.06 bits per heavy atom. The molecule has 0 saturated heterocycles. The van der Waals surface area contributed by atoms with Crippen LogP contribution in [-0.4, -0.2) is 13.1 Å². The molecule has 0 bridgehead atoms. The summed E-state index contributed by atoms with van der Waals surface area (Å²) in [6.07, 6.45) is 9.64. The summed E-state index contributed by atoms with van der Waals surface area (Å²) in [5.41, 5.74) is 0.586. The number of hydrogen-bond acceptors (Lipinski definition) is 1. The fourth-order valence-corrected chi connectivity index (χ4v) is 2.38. The monoisotopic (exact) mass is 241 g/mol. The molecule has 0 spiro atoms. The maximum atomic E-state index is 3.43. The molecule has 0 saturated carbocycles. The van der Waals surface area contributed by atoms with Gasteiger partial charge in [0.2, 0.25) is 0 Å². The summed E-state index contributed by atoms with van der Waals surface area (Å²) in [6, 6.07) is 0. The molecular weight excluding hydrogens is 206 g/mol. The van der Waals surface area contributed by atoms with E-state index >= 15 is 0 Å². The van der Waals surface area contributed by atoms with Crippen LogP contribution in [0.4, 0.5) is 0 Å². The van der Waals surface area contributed by atoms with Gasteiger partial charge in [-0.2, -0.15) is 0 Å². The van der Waals surface area contributed by atoms with Crippen LogP contribution in [0.15, 0.2) is 0 Å². The molecule has 0 heterocycles. The van der Waals surface area contributed by atoms with E-state index in [0.29, 0.717) is 5.41 Å². The largest absolute Gasteiger partial charge is 0.317 e. The summed E-state index contributed by atoms with van der Waals surface area (Å²) >= 11 is 0. The van der Waals surface area contributed by atoms with Crippen molar-refractivity contribution in [2.45, 2.75) is 79.6 Å². The highest BCUT2D eigenvalue weighted by Crippen LogP contribution is 2.33. The van der Waals surface area contributed by atoms with Gasteiger partial charge in [0.25, 0.3) is 0 Å². The van der Waals surface area contributed by atoms with Gasteiger partial charge in [0, 0.05) is 0 Å². The fraction of sp³-hybridized carbons (Fsp3) is 1.00. The molecule has 0 aliphatic heterocycles. The summed E-state index contributed by atoms with van der Waals surface area (Å²) in [5.74, 6) is 0.915. The average Bonchev–Trinajstić information content (AvgIpc) is 2.34. The first kappa shape index (κ1) is 17.0. The van der Waals surface area contributed by atoms with E-state index in [1.165, 1.54) is 51.5 Å². The molecule has 0 radical (unpaired) electrons. The Balaban J connectivity index is 3.76. The predicted octanol–water partition coefficient (Wildman–Crippen LogP) is 5.01. The standard InChI is InChI=1S/C16H35N/c1-6-15(4)11-9-12-16(5,7-2)13-10-14-17-8-3/h15,17H,6-14H2,1-5H3/t15?,16-/m0/s1. The van der Waals surface area contributed by atoms with Crippen LogP contribution in [0.2, 0.25) is 0 Å². The number of nitrogens with one attached hydrogen (secondary N) is 1. The van der Waals surface area contributed by atoms with Gasteiger partial charge in [-0.05, 0) is 43.7 Å². The molecule has 0 amide bonds. The van der Waals surface area contributed by atoms with E-state index in [1.807, 2.05) is 0 Å². The second kappa shape index (κ2) is 9.94. The van der Waals surface area contributed by atoms with Crippen LogP contribution >= 0.6 is 0 Å². The molecule has 17 heavy (non-hydrogen) atoms. The normalized spacial score (nSPS) is 16.8. The predicted molar refractivity (Wildman–Crippen MR) is 79.5 cm³/mol. The second-order valence-corrected chi connectivity index (χ2v) is 6.03. The van der Waals surface area contributed by atoms with Crippen molar-refractivity contribution in [1.82, 2.24) is 5.32 Å². The zero-order valence-corrected chi connectivity index (χ0v) is 12.9. The van der Waals surface area contributed by atoms with Crippen LogP contribution < -0.4 is 5.32 Å². The number of hydrogen-bond donors (Lipinski definition) is 1. The lowest BCUT2D eigenvalue weighted by atomic mass is 9.77. The lowest BCUT2D eigenvalue weighted by Crippen LogP contribution is -2.20. The van der Waals surface area contributed by atoms with Gasteiger partial charge >= 0.3 is 0 Å². The van der Waals surface area contributed by atoms with Crippen LogP contribution in [0.5, 0.6) is 0 Å². The minimum Gasteiger partial charge on any atom is -0.317 e. The quantitative estimate of drug-likeness (QED) is 0.501. The van der Waals surface area contributed by atoms with Gasteiger partial charge in [-0.3, -0.25) is 0 Å². The third kappa shape index (κ3) is 8.65. The molecule has 0 aliphatic rings. The molecule has 1 N–H and O–H groups in total. The summed E-state index contributed by atoms with van der Waals surface area (Å²) in [5, 5.41) is 3.43. The summed E-state index contributed by atoms with van der Waals surface area (Å²) in [4.78, 5) is 0. The van der Waals surface area contributed by atoms with Crippen molar-refractivity contribution in [2.24, 2.45) is 11.3 Å². The lowest BCUT2D eigenvalue weighted by molar-refractivity contribution is 0.238. The van der Waals surface area contributed by atoms with Crippen LogP contribution in [0.25, 0.3) is 0 Å². The summed E-state index contributed by atoms with van der Waals surface area (Å²) in [6.45, 7) is 14.0. The lowest BCUT2D eigenvalue weighted by Gasteiger charge is -2.29. The SMILES string of the molecule is CCNCCC[C@@](C)(CC)CCCC(C)CC. The highest BCUT2D eigenvalue weighted by atomic mass is 14.8. The average molecular weight is 241 g/mol. The zero-order valence-electron chi connectivity index (χ0n) is 12.9. The molecule has 0 aromatic rings. The van der Waals surface area contributed by atoms with E-state index < -0.39 is 0 Å². The molecular formula is C16H35N. The van der Waals surface area contributed by atoms with Crippen LogP contribution in [0.3, 0.4) is 0 Å². The van der Waals surface area contributed by atoms with Crippen LogP contribution in [0, 0.1) is 11.3 Å². The molecule has 1 nitrogen and oxygen atoms in total. The summed E-state index contributed by atoms with van der Waals surface area (Å²) < 4.78 is 0. The van der Waals surface area contributed by atoms with E-state index in [4.69, 9.17) is 0 Å². The van der Waals surface area contributed by atoms with Gasteiger partial charge in [0.05, 0.1) is 0 Å². The van der Waals surface area contributed by atoms with Crippen molar-refractivity contribution in [2.75, 3.05) is 13.1 Å². The smallest absolute Gasteiger partial charge is 0.00488 e. The molecule has 0 aromatic carbocycles.